The monoisotopic (exact) mass is 450 g/mol. The van der Waals surface area contributed by atoms with E-state index in [0.717, 1.165) is 38.3 Å². The second kappa shape index (κ2) is 9.63. The number of carbonyl (C=O) groups is 1. The van der Waals surface area contributed by atoms with Gasteiger partial charge in [-0.05, 0) is 57.7 Å². The van der Waals surface area contributed by atoms with Gasteiger partial charge in [0, 0.05) is 51.2 Å². The summed E-state index contributed by atoms with van der Waals surface area (Å²) in [5.41, 5.74) is -0.290. The maximum absolute atomic E-state index is 13.6. The second-order valence-electron chi connectivity index (χ2n) is 8.74. The molecule has 1 aromatic rings. The normalized spacial score (nSPS) is 23.2. The molecule has 1 aromatic carbocycles. The highest BCUT2D eigenvalue weighted by Crippen LogP contribution is 2.31. The number of nitrogens with zero attached hydrogens (tertiary/aromatic N) is 4. The van der Waals surface area contributed by atoms with E-state index < -0.39 is 15.8 Å². The maximum atomic E-state index is 13.6. The van der Waals surface area contributed by atoms with Crippen molar-refractivity contribution in [2.45, 2.75) is 56.5 Å². The van der Waals surface area contributed by atoms with Gasteiger partial charge in [0.15, 0.2) is 0 Å². The number of benzene rings is 1. The van der Waals surface area contributed by atoms with Crippen molar-refractivity contribution in [3.63, 3.8) is 0 Å². The Morgan fingerprint density at radius 2 is 1.77 bits per heavy atom. The molecule has 0 spiro atoms. The zero-order valence-corrected chi connectivity index (χ0v) is 19.2. The summed E-state index contributed by atoms with van der Waals surface area (Å²) in [6, 6.07) is 5.22. The van der Waals surface area contributed by atoms with Gasteiger partial charge in [0.2, 0.25) is 15.9 Å². The molecule has 7 nitrogen and oxygen atoms in total. The highest BCUT2D eigenvalue weighted by Gasteiger charge is 2.36. The molecule has 1 saturated carbocycles. The first-order valence-electron chi connectivity index (χ1n) is 10.9. The van der Waals surface area contributed by atoms with E-state index in [-0.39, 0.29) is 28.3 Å². The van der Waals surface area contributed by atoms with Crippen LogP contribution in [-0.2, 0) is 14.8 Å². The van der Waals surface area contributed by atoms with E-state index in [4.69, 9.17) is 5.26 Å². The van der Waals surface area contributed by atoms with Crippen molar-refractivity contribution in [2.24, 2.45) is 5.92 Å². The number of sulfonamides is 1. The van der Waals surface area contributed by atoms with Crippen molar-refractivity contribution in [3.8, 4) is 6.07 Å². The molecule has 1 saturated heterocycles. The molecule has 31 heavy (non-hydrogen) atoms. The molecular formula is C22H31FN4O3S. The predicted octanol–water partition coefficient (Wildman–Crippen LogP) is 2.43. The fraction of sp³-hybridized carbons (Fsp3) is 0.636. The van der Waals surface area contributed by atoms with Gasteiger partial charge in [-0.25, -0.2) is 12.8 Å². The van der Waals surface area contributed by atoms with Crippen LogP contribution < -0.4 is 0 Å². The molecule has 1 aliphatic carbocycles. The molecule has 9 heteroatoms. The fourth-order valence-electron chi connectivity index (χ4n) is 4.52. The van der Waals surface area contributed by atoms with Gasteiger partial charge in [0.05, 0.1) is 10.5 Å². The molecule has 170 valence electrons. The van der Waals surface area contributed by atoms with Crippen LogP contribution in [0.25, 0.3) is 0 Å². The number of halogens is 1. The van der Waals surface area contributed by atoms with Gasteiger partial charge in [0.1, 0.15) is 11.9 Å². The van der Waals surface area contributed by atoms with Crippen molar-refractivity contribution in [2.75, 3.05) is 33.2 Å². The SMILES string of the molecule is CC(C)N1CCN(C(=O)[C@H]2CC[C@H](N(C)S(=O)(=O)c3ccc(F)c(C#N)c3)CC2)CC1. The van der Waals surface area contributed by atoms with E-state index in [2.05, 4.69) is 18.7 Å². The summed E-state index contributed by atoms with van der Waals surface area (Å²) < 4.78 is 40.8. The summed E-state index contributed by atoms with van der Waals surface area (Å²) in [6.07, 6.45) is 2.51. The summed E-state index contributed by atoms with van der Waals surface area (Å²) in [4.78, 5) is 17.2. The van der Waals surface area contributed by atoms with Gasteiger partial charge in [-0.15, -0.1) is 0 Å². The summed E-state index contributed by atoms with van der Waals surface area (Å²) in [7, 11) is -2.33. The molecule has 1 aliphatic heterocycles. The number of hydrogen-bond donors (Lipinski definition) is 0. The van der Waals surface area contributed by atoms with Gasteiger partial charge < -0.3 is 4.90 Å². The Hall–Kier alpha value is -2.02. The van der Waals surface area contributed by atoms with Crippen LogP contribution in [0.5, 0.6) is 0 Å². The van der Waals surface area contributed by atoms with E-state index in [1.165, 1.54) is 17.4 Å². The molecular weight excluding hydrogens is 419 g/mol. The van der Waals surface area contributed by atoms with Crippen LogP contribution in [0.1, 0.15) is 45.1 Å². The minimum atomic E-state index is -3.85. The number of piperazine rings is 1. The van der Waals surface area contributed by atoms with Crippen LogP contribution >= 0.6 is 0 Å². The minimum Gasteiger partial charge on any atom is -0.340 e. The summed E-state index contributed by atoms with van der Waals surface area (Å²) >= 11 is 0. The number of carbonyl (C=O) groups excluding carboxylic acids is 1. The Morgan fingerprint density at radius 1 is 1.16 bits per heavy atom. The van der Waals surface area contributed by atoms with Crippen LogP contribution in [0.4, 0.5) is 4.39 Å². The molecule has 3 rings (SSSR count). The summed E-state index contributed by atoms with van der Waals surface area (Å²) in [5, 5.41) is 8.99. The Morgan fingerprint density at radius 3 is 2.32 bits per heavy atom. The molecule has 2 fully saturated rings. The van der Waals surface area contributed by atoms with Gasteiger partial charge in [-0.3, -0.25) is 9.69 Å². The van der Waals surface area contributed by atoms with Crippen LogP contribution in [0, 0.1) is 23.1 Å². The molecule has 0 unspecified atom stereocenters. The maximum Gasteiger partial charge on any atom is 0.243 e. The lowest BCUT2D eigenvalue weighted by atomic mass is 9.85. The molecule has 0 atom stereocenters. The minimum absolute atomic E-state index is 0.0611. The Bertz CT molecular complexity index is 944. The van der Waals surface area contributed by atoms with Gasteiger partial charge in [-0.2, -0.15) is 9.57 Å². The van der Waals surface area contributed by atoms with Crippen molar-refractivity contribution in [1.29, 1.82) is 5.26 Å². The van der Waals surface area contributed by atoms with Crippen molar-refractivity contribution in [1.82, 2.24) is 14.1 Å². The average molecular weight is 451 g/mol. The number of nitriles is 1. The zero-order chi connectivity index (χ0) is 22.8. The highest BCUT2D eigenvalue weighted by molar-refractivity contribution is 7.89. The first kappa shape index (κ1) is 23.6. The fourth-order valence-corrected chi connectivity index (χ4v) is 5.96. The van der Waals surface area contributed by atoms with E-state index >= 15 is 0 Å². The van der Waals surface area contributed by atoms with Gasteiger partial charge >= 0.3 is 0 Å². The number of hydrogen-bond acceptors (Lipinski definition) is 5. The largest absolute Gasteiger partial charge is 0.340 e. The number of rotatable bonds is 5. The number of amides is 1. The lowest BCUT2D eigenvalue weighted by Crippen LogP contribution is -2.52. The Balaban J connectivity index is 1.59. The Labute approximate surface area is 184 Å². The summed E-state index contributed by atoms with van der Waals surface area (Å²) in [5.74, 6) is -0.615. The third-order valence-corrected chi connectivity index (χ3v) is 8.56. The molecule has 1 amide bonds. The topological polar surface area (TPSA) is 84.7 Å². The van der Waals surface area contributed by atoms with Gasteiger partial charge in [-0.1, -0.05) is 0 Å². The third kappa shape index (κ3) is 5.08. The van der Waals surface area contributed by atoms with E-state index in [1.54, 1.807) is 6.07 Å². The highest BCUT2D eigenvalue weighted by atomic mass is 32.2. The lowest BCUT2D eigenvalue weighted by molar-refractivity contribution is -0.138. The molecule has 0 N–H and O–H groups in total. The second-order valence-corrected chi connectivity index (χ2v) is 10.7. The van der Waals surface area contributed by atoms with Crippen LogP contribution in [0.15, 0.2) is 23.1 Å². The predicted molar refractivity (Wildman–Crippen MR) is 115 cm³/mol. The lowest BCUT2D eigenvalue weighted by Gasteiger charge is -2.40. The van der Waals surface area contributed by atoms with Crippen LogP contribution in [0.2, 0.25) is 0 Å². The van der Waals surface area contributed by atoms with Crippen molar-refractivity contribution >= 4 is 15.9 Å². The van der Waals surface area contributed by atoms with E-state index in [9.17, 15) is 17.6 Å². The first-order chi connectivity index (χ1) is 14.6. The third-order valence-electron chi connectivity index (χ3n) is 6.65. The van der Waals surface area contributed by atoms with Gasteiger partial charge in [0.25, 0.3) is 0 Å². The first-order valence-corrected chi connectivity index (χ1v) is 12.3. The van der Waals surface area contributed by atoms with Crippen LogP contribution in [-0.4, -0.2) is 73.7 Å². The van der Waals surface area contributed by atoms with E-state index in [1.807, 2.05) is 4.90 Å². The van der Waals surface area contributed by atoms with Crippen molar-refractivity contribution < 1.29 is 17.6 Å². The summed E-state index contributed by atoms with van der Waals surface area (Å²) in [6.45, 7) is 7.60. The van der Waals surface area contributed by atoms with Crippen LogP contribution in [0.3, 0.4) is 0 Å². The zero-order valence-electron chi connectivity index (χ0n) is 18.4. The standard InChI is InChI=1S/C22H31FN4O3S/c1-16(2)26-10-12-27(13-11-26)22(28)17-4-6-19(7-5-17)25(3)31(29,30)20-8-9-21(23)18(14-20)15-24/h8-9,14,16-17,19H,4-7,10-13H2,1-3H3/t17-,19-. The van der Waals surface area contributed by atoms with Crippen molar-refractivity contribution in [3.05, 3.63) is 29.6 Å². The van der Waals surface area contributed by atoms with E-state index in [0.29, 0.717) is 31.7 Å². The molecule has 0 radical (unpaired) electrons. The quantitative estimate of drug-likeness (QED) is 0.688. The smallest absolute Gasteiger partial charge is 0.243 e. The average Bonchev–Trinajstić information content (AvgIpc) is 2.78. The molecule has 1 heterocycles. The Kier molecular flexibility index (Phi) is 7.35. The molecule has 2 aliphatic rings. The molecule has 0 aromatic heterocycles. The molecule has 0 bridgehead atoms.